The summed E-state index contributed by atoms with van der Waals surface area (Å²) in [6.07, 6.45) is 0. The largest absolute Gasteiger partial charge is 0.456 e. The Hall–Kier alpha value is -6.94. The summed E-state index contributed by atoms with van der Waals surface area (Å²) in [4.78, 5) is 2.38. The van der Waals surface area contributed by atoms with E-state index in [1.807, 2.05) is 23.5 Å². The molecule has 0 saturated carbocycles. The van der Waals surface area contributed by atoms with E-state index in [1.54, 1.807) is 0 Å². The van der Waals surface area contributed by atoms with Gasteiger partial charge in [0, 0.05) is 53.9 Å². The van der Waals surface area contributed by atoms with Gasteiger partial charge >= 0.3 is 0 Å². The molecule has 11 rings (SSSR count). The number of hydrogen-bond acceptors (Lipinski definition) is 3. The molecule has 258 valence electrons. The van der Waals surface area contributed by atoms with Crippen molar-refractivity contribution >= 4 is 81.3 Å². The van der Waals surface area contributed by atoms with Gasteiger partial charge in [-0.3, -0.25) is 0 Å². The first-order valence-corrected chi connectivity index (χ1v) is 19.5. The third-order valence-corrected chi connectivity index (χ3v) is 12.0. The molecule has 55 heavy (non-hydrogen) atoms. The minimum absolute atomic E-state index is 0.870. The maximum atomic E-state index is 6.45. The van der Waals surface area contributed by atoms with Gasteiger partial charge in [0.15, 0.2) is 0 Å². The number of rotatable bonds is 6. The van der Waals surface area contributed by atoms with Gasteiger partial charge in [-0.25, -0.2) is 0 Å². The van der Waals surface area contributed by atoms with E-state index in [-0.39, 0.29) is 0 Å². The van der Waals surface area contributed by atoms with Crippen LogP contribution in [0.3, 0.4) is 0 Å². The second kappa shape index (κ2) is 12.9. The van der Waals surface area contributed by atoms with Crippen LogP contribution in [-0.4, -0.2) is 0 Å². The predicted molar refractivity (Wildman–Crippen MR) is 235 cm³/mol. The van der Waals surface area contributed by atoms with Gasteiger partial charge in [-0.2, -0.15) is 0 Å². The third-order valence-electron chi connectivity index (χ3n) is 10.9. The molecule has 0 bridgehead atoms. The number of fused-ring (bicyclic) bond motifs is 7. The van der Waals surface area contributed by atoms with Crippen LogP contribution in [0, 0.1) is 0 Å². The van der Waals surface area contributed by atoms with E-state index < -0.39 is 0 Å². The van der Waals surface area contributed by atoms with Gasteiger partial charge < -0.3 is 9.32 Å². The van der Waals surface area contributed by atoms with Crippen LogP contribution in [0.25, 0.3) is 86.3 Å². The summed E-state index contributed by atoms with van der Waals surface area (Å²) in [6.45, 7) is 0. The SMILES string of the molecule is c1cc(-c2ccc(N(c3ccc4c(c3)oc3ccccc34)c3ccccc3-c3cccc4sc5ccccc5c34)cc2)cc(-c2ccc3ccccc3c2)c1. The van der Waals surface area contributed by atoms with E-state index in [9.17, 15) is 0 Å². The van der Waals surface area contributed by atoms with Crippen molar-refractivity contribution in [3.8, 4) is 33.4 Å². The lowest BCUT2D eigenvalue weighted by atomic mass is 9.96. The molecule has 3 heteroatoms. The van der Waals surface area contributed by atoms with Crippen molar-refractivity contribution in [2.45, 2.75) is 0 Å². The summed E-state index contributed by atoms with van der Waals surface area (Å²) in [5.41, 5.74) is 12.1. The molecule has 9 aromatic carbocycles. The van der Waals surface area contributed by atoms with E-state index in [0.29, 0.717) is 0 Å². The van der Waals surface area contributed by atoms with Crippen LogP contribution in [0.5, 0.6) is 0 Å². The highest BCUT2D eigenvalue weighted by Gasteiger charge is 2.21. The summed E-state index contributed by atoms with van der Waals surface area (Å²) in [5.74, 6) is 0. The predicted octanol–water partition coefficient (Wildman–Crippen LogP) is 15.6. The number of furan rings is 1. The number of anilines is 3. The van der Waals surface area contributed by atoms with E-state index >= 15 is 0 Å². The molecular formula is C52H33NOS. The highest BCUT2D eigenvalue weighted by molar-refractivity contribution is 7.25. The van der Waals surface area contributed by atoms with Gasteiger partial charge in [-0.05, 0) is 99.3 Å². The van der Waals surface area contributed by atoms with E-state index in [4.69, 9.17) is 4.42 Å². The second-order valence-corrected chi connectivity index (χ2v) is 15.2. The van der Waals surface area contributed by atoms with Gasteiger partial charge in [-0.15, -0.1) is 11.3 Å². The molecule has 0 radical (unpaired) electrons. The van der Waals surface area contributed by atoms with E-state index in [0.717, 1.165) is 39.0 Å². The van der Waals surface area contributed by atoms with Crippen molar-refractivity contribution in [2.24, 2.45) is 0 Å². The third kappa shape index (κ3) is 5.40. The number of thiophene rings is 1. The van der Waals surface area contributed by atoms with Gasteiger partial charge in [-0.1, -0.05) is 133 Å². The maximum Gasteiger partial charge on any atom is 0.137 e. The van der Waals surface area contributed by atoms with Crippen molar-refractivity contribution < 1.29 is 4.42 Å². The Labute approximate surface area is 322 Å². The smallest absolute Gasteiger partial charge is 0.137 e. The molecule has 2 heterocycles. The molecule has 0 fully saturated rings. The molecule has 0 amide bonds. The standard InChI is InChI=1S/C52H33NOS/c1-2-12-36-32-39(24-23-34(36)11-1)38-14-9-13-37(31-38)35-25-27-40(28-26-35)53(41-29-30-44-43-16-4-7-20-48(43)54-49(44)33-41)47-19-6-3-15-42(47)45-18-10-22-51-52(45)46-17-5-8-21-50(46)55-51/h1-33H. The molecule has 0 atom stereocenters. The molecule has 0 aliphatic rings. The molecule has 0 saturated heterocycles. The van der Waals surface area contributed by atoms with Crippen LogP contribution in [0.1, 0.15) is 0 Å². The summed E-state index contributed by atoms with van der Waals surface area (Å²) in [7, 11) is 0. The van der Waals surface area contributed by atoms with Crippen molar-refractivity contribution in [1.29, 1.82) is 0 Å². The van der Waals surface area contributed by atoms with Gasteiger partial charge in [0.25, 0.3) is 0 Å². The summed E-state index contributed by atoms with van der Waals surface area (Å²) >= 11 is 1.85. The van der Waals surface area contributed by atoms with Crippen molar-refractivity contribution in [2.75, 3.05) is 4.90 Å². The molecule has 0 spiro atoms. The first kappa shape index (κ1) is 31.6. The van der Waals surface area contributed by atoms with Crippen LogP contribution in [-0.2, 0) is 0 Å². The van der Waals surface area contributed by atoms with E-state index in [2.05, 4.69) is 193 Å². The normalized spacial score (nSPS) is 11.6. The van der Waals surface area contributed by atoms with Crippen LogP contribution in [0.2, 0.25) is 0 Å². The highest BCUT2D eigenvalue weighted by atomic mass is 32.1. The Kier molecular flexibility index (Phi) is 7.39. The Bertz CT molecular complexity index is 3220. The lowest BCUT2D eigenvalue weighted by molar-refractivity contribution is 0.669. The fraction of sp³-hybridized carbons (Fsp3) is 0. The Morgan fingerprint density at radius 3 is 1.91 bits per heavy atom. The molecular weight excluding hydrogens is 687 g/mol. The highest BCUT2D eigenvalue weighted by Crippen LogP contribution is 2.47. The monoisotopic (exact) mass is 719 g/mol. The number of nitrogens with zero attached hydrogens (tertiary/aromatic N) is 1. The summed E-state index contributed by atoms with van der Waals surface area (Å²) in [5, 5.41) is 7.33. The topological polar surface area (TPSA) is 16.4 Å². The van der Waals surface area contributed by atoms with Gasteiger partial charge in [0.1, 0.15) is 11.2 Å². The van der Waals surface area contributed by atoms with E-state index in [1.165, 1.54) is 64.3 Å². The Balaban J connectivity index is 1.06. The lowest BCUT2D eigenvalue weighted by Gasteiger charge is -2.28. The van der Waals surface area contributed by atoms with Gasteiger partial charge in [0.2, 0.25) is 0 Å². The number of hydrogen-bond donors (Lipinski definition) is 0. The van der Waals surface area contributed by atoms with Crippen LogP contribution < -0.4 is 4.90 Å². The molecule has 2 nitrogen and oxygen atoms in total. The molecule has 0 N–H and O–H groups in total. The quantitative estimate of drug-likeness (QED) is 0.170. The van der Waals surface area contributed by atoms with Gasteiger partial charge in [0.05, 0.1) is 5.69 Å². The van der Waals surface area contributed by atoms with Crippen molar-refractivity contribution in [3.05, 3.63) is 200 Å². The minimum atomic E-state index is 0.870. The summed E-state index contributed by atoms with van der Waals surface area (Å²) in [6, 6.07) is 72.2. The minimum Gasteiger partial charge on any atom is -0.456 e. The lowest BCUT2D eigenvalue weighted by Crippen LogP contribution is -2.11. The first-order chi connectivity index (χ1) is 27.2. The molecule has 0 aliphatic heterocycles. The zero-order valence-electron chi connectivity index (χ0n) is 29.8. The molecule has 0 aliphatic carbocycles. The Morgan fingerprint density at radius 1 is 0.364 bits per heavy atom. The molecule has 11 aromatic rings. The fourth-order valence-corrected chi connectivity index (χ4v) is 9.36. The first-order valence-electron chi connectivity index (χ1n) is 18.7. The van der Waals surface area contributed by atoms with Crippen molar-refractivity contribution in [1.82, 2.24) is 0 Å². The number of benzene rings is 9. The maximum absolute atomic E-state index is 6.45. The average Bonchev–Trinajstić information content (AvgIpc) is 3.82. The molecule has 0 unspecified atom stereocenters. The fourth-order valence-electron chi connectivity index (χ4n) is 8.23. The summed E-state index contributed by atoms with van der Waals surface area (Å²) < 4.78 is 9.04. The van der Waals surface area contributed by atoms with Crippen LogP contribution in [0.15, 0.2) is 205 Å². The Morgan fingerprint density at radius 2 is 1.00 bits per heavy atom. The van der Waals surface area contributed by atoms with Crippen LogP contribution in [0.4, 0.5) is 17.1 Å². The zero-order chi connectivity index (χ0) is 36.3. The second-order valence-electron chi connectivity index (χ2n) is 14.1. The average molecular weight is 720 g/mol. The van der Waals surface area contributed by atoms with Crippen molar-refractivity contribution in [3.63, 3.8) is 0 Å². The zero-order valence-corrected chi connectivity index (χ0v) is 30.6. The molecule has 2 aromatic heterocycles. The van der Waals surface area contributed by atoms with Crippen LogP contribution >= 0.6 is 11.3 Å². The number of para-hydroxylation sites is 2.